The predicted molar refractivity (Wildman–Crippen MR) is 145 cm³/mol. The molecular formula is C32H37NO3. The van der Waals surface area contributed by atoms with Gasteiger partial charge in [0.2, 0.25) is 5.91 Å². The van der Waals surface area contributed by atoms with Crippen LogP contribution in [0.3, 0.4) is 0 Å². The zero-order valence-corrected chi connectivity index (χ0v) is 21.5. The Morgan fingerprint density at radius 3 is 1.89 bits per heavy atom. The van der Waals surface area contributed by atoms with Gasteiger partial charge in [0.1, 0.15) is 0 Å². The van der Waals surface area contributed by atoms with Gasteiger partial charge in [0.15, 0.2) is 0 Å². The highest BCUT2D eigenvalue weighted by Crippen LogP contribution is 2.49. The summed E-state index contributed by atoms with van der Waals surface area (Å²) in [6, 6.07) is 25.8. The highest BCUT2D eigenvalue weighted by molar-refractivity contribution is 5.84. The van der Waals surface area contributed by atoms with Crippen molar-refractivity contribution in [1.29, 1.82) is 0 Å². The number of amides is 1. The molecule has 1 aliphatic carbocycles. The number of rotatable bonds is 12. The summed E-state index contributed by atoms with van der Waals surface area (Å²) in [5, 5.41) is 3.34. The summed E-state index contributed by atoms with van der Waals surface area (Å²) in [6.45, 7) is 3.91. The number of unbranched alkanes of at least 4 members (excludes halogenated alkanes) is 3. The Morgan fingerprint density at radius 1 is 0.750 bits per heavy atom. The van der Waals surface area contributed by atoms with Gasteiger partial charge in [-0.2, -0.15) is 0 Å². The van der Waals surface area contributed by atoms with Crippen molar-refractivity contribution in [3.05, 3.63) is 95.1 Å². The Balaban J connectivity index is 1.37. The fourth-order valence-corrected chi connectivity index (χ4v) is 5.48. The SMILES string of the molecule is CCOC(=O)CCCCCCc1ccc(CCC2(NC(C)=O)c3ccccc3-c3ccccc32)cc1. The van der Waals surface area contributed by atoms with E-state index in [1.165, 1.54) is 33.4 Å². The summed E-state index contributed by atoms with van der Waals surface area (Å²) >= 11 is 0. The van der Waals surface area contributed by atoms with Crippen LogP contribution in [0.15, 0.2) is 72.8 Å². The molecule has 4 nitrogen and oxygen atoms in total. The second kappa shape index (κ2) is 12.0. The maximum absolute atomic E-state index is 12.4. The normalized spacial score (nSPS) is 13.1. The van der Waals surface area contributed by atoms with Crippen LogP contribution in [0.25, 0.3) is 11.1 Å². The summed E-state index contributed by atoms with van der Waals surface area (Å²) in [4.78, 5) is 23.8. The lowest BCUT2D eigenvalue weighted by Crippen LogP contribution is -2.45. The number of carbonyl (C=O) groups is 2. The minimum atomic E-state index is -0.513. The van der Waals surface area contributed by atoms with E-state index in [4.69, 9.17) is 4.74 Å². The quantitative estimate of drug-likeness (QED) is 0.229. The number of benzene rings is 3. The molecule has 0 spiro atoms. The lowest BCUT2D eigenvalue weighted by molar-refractivity contribution is -0.143. The zero-order chi connectivity index (χ0) is 25.4. The number of hydrogen-bond acceptors (Lipinski definition) is 3. The van der Waals surface area contributed by atoms with Gasteiger partial charge < -0.3 is 10.1 Å². The molecule has 3 aromatic carbocycles. The maximum atomic E-state index is 12.4. The summed E-state index contributed by atoms with van der Waals surface area (Å²) < 4.78 is 4.98. The first-order chi connectivity index (χ1) is 17.5. The predicted octanol–water partition coefficient (Wildman–Crippen LogP) is 6.74. The lowest BCUT2D eigenvalue weighted by Gasteiger charge is -2.33. The van der Waals surface area contributed by atoms with Crippen molar-refractivity contribution in [2.75, 3.05) is 6.61 Å². The Morgan fingerprint density at radius 2 is 1.31 bits per heavy atom. The number of hydrogen-bond donors (Lipinski definition) is 1. The van der Waals surface area contributed by atoms with Crippen molar-refractivity contribution < 1.29 is 14.3 Å². The molecule has 3 aromatic rings. The zero-order valence-electron chi connectivity index (χ0n) is 21.5. The maximum Gasteiger partial charge on any atom is 0.305 e. The van der Waals surface area contributed by atoms with Gasteiger partial charge in [0, 0.05) is 13.3 Å². The third kappa shape index (κ3) is 5.87. The van der Waals surface area contributed by atoms with Crippen LogP contribution in [0, 0.1) is 0 Å². The summed E-state index contributed by atoms with van der Waals surface area (Å²) in [5.41, 5.74) is 6.89. The summed E-state index contributed by atoms with van der Waals surface area (Å²) in [6.07, 6.45) is 7.47. The van der Waals surface area contributed by atoms with Crippen molar-refractivity contribution in [2.45, 2.75) is 70.8 Å². The topological polar surface area (TPSA) is 55.4 Å². The molecule has 0 saturated carbocycles. The number of esters is 1. The van der Waals surface area contributed by atoms with Gasteiger partial charge in [0.25, 0.3) is 0 Å². The van der Waals surface area contributed by atoms with Gasteiger partial charge >= 0.3 is 5.97 Å². The minimum Gasteiger partial charge on any atom is -0.466 e. The largest absolute Gasteiger partial charge is 0.466 e. The van der Waals surface area contributed by atoms with Crippen molar-refractivity contribution in [3.8, 4) is 11.1 Å². The first-order valence-electron chi connectivity index (χ1n) is 13.2. The molecule has 36 heavy (non-hydrogen) atoms. The number of nitrogens with one attached hydrogen (secondary N) is 1. The number of carbonyl (C=O) groups excluding carboxylic acids is 2. The summed E-state index contributed by atoms with van der Waals surface area (Å²) in [7, 11) is 0. The van der Waals surface area contributed by atoms with Crippen LogP contribution in [0.1, 0.15) is 74.6 Å². The molecule has 0 heterocycles. The Hall–Kier alpha value is -3.40. The van der Waals surface area contributed by atoms with Crippen LogP contribution in [0.5, 0.6) is 0 Å². The fraction of sp³-hybridized carbons (Fsp3) is 0.375. The molecule has 0 unspecified atom stereocenters. The van der Waals surface area contributed by atoms with Crippen LogP contribution in [-0.2, 0) is 32.7 Å². The van der Waals surface area contributed by atoms with E-state index in [0.717, 1.165) is 44.9 Å². The molecule has 4 heteroatoms. The molecule has 0 aliphatic heterocycles. The van der Waals surface area contributed by atoms with Gasteiger partial charge in [-0.15, -0.1) is 0 Å². The second-order valence-corrected chi connectivity index (χ2v) is 9.71. The van der Waals surface area contributed by atoms with Gasteiger partial charge in [0.05, 0.1) is 12.1 Å². The molecule has 4 rings (SSSR count). The smallest absolute Gasteiger partial charge is 0.305 e. The monoisotopic (exact) mass is 483 g/mol. The minimum absolute atomic E-state index is 0.0147. The van der Waals surface area contributed by atoms with Crippen molar-refractivity contribution >= 4 is 11.9 Å². The molecule has 0 saturated heterocycles. The van der Waals surface area contributed by atoms with Gasteiger partial charge in [-0.25, -0.2) is 0 Å². The van der Waals surface area contributed by atoms with E-state index in [1.807, 2.05) is 6.92 Å². The first kappa shape index (κ1) is 25.7. The average Bonchev–Trinajstić information content (AvgIpc) is 3.15. The second-order valence-electron chi connectivity index (χ2n) is 9.71. The van der Waals surface area contributed by atoms with Crippen molar-refractivity contribution in [1.82, 2.24) is 5.32 Å². The number of fused-ring (bicyclic) bond motifs is 3. The first-order valence-corrected chi connectivity index (χ1v) is 13.2. The average molecular weight is 484 g/mol. The van der Waals surface area contributed by atoms with E-state index in [2.05, 4.69) is 78.1 Å². The van der Waals surface area contributed by atoms with Crippen LogP contribution < -0.4 is 5.32 Å². The van der Waals surface area contributed by atoms with Gasteiger partial charge in [-0.05, 0) is 72.4 Å². The highest BCUT2D eigenvalue weighted by atomic mass is 16.5. The van der Waals surface area contributed by atoms with Crippen LogP contribution in [0.4, 0.5) is 0 Å². The van der Waals surface area contributed by atoms with E-state index in [9.17, 15) is 9.59 Å². The molecule has 1 amide bonds. The van der Waals surface area contributed by atoms with Crippen LogP contribution in [-0.4, -0.2) is 18.5 Å². The number of aryl methyl sites for hydroxylation is 2. The van der Waals surface area contributed by atoms with Gasteiger partial charge in [-0.1, -0.05) is 85.6 Å². The molecule has 1 aliphatic rings. The molecule has 0 atom stereocenters. The number of ether oxygens (including phenoxy) is 1. The molecule has 188 valence electrons. The Kier molecular flexibility index (Phi) is 8.58. The lowest BCUT2D eigenvalue weighted by atomic mass is 9.82. The third-order valence-electron chi connectivity index (χ3n) is 7.17. The van der Waals surface area contributed by atoms with E-state index in [-0.39, 0.29) is 11.9 Å². The Labute approximate surface area is 215 Å². The van der Waals surface area contributed by atoms with Gasteiger partial charge in [-0.3, -0.25) is 9.59 Å². The van der Waals surface area contributed by atoms with E-state index in [1.54, 1.807) is 6.92 Å². The third-order valence-corrected chi connectivity index (χ3v) is 7.17. The summed E-state index contributed by atoms with van der Waals surface area (Å²) in [5.74, 6) is -0.0999. The molecule has 1 N–H and O–H groups in total. The molecule has 0 radical (unpaired) electrons. The van der Waals surface area contributed by atoms with E-state index < -0.39 is 5.54 Å². The van der Waals surface area contributed by atoms with E-state index >= 15 is 0 Å². The van der Waals surface area contributed by atoms with E-state index in [0.29, 0.717) is 13.0 Å². The van der Waals surface area contributed by atoms with Crippen molar-refractivity contribution in [3.63, 3.8) is 0 Å². The standard InChI is InChI=1S/C32H37NO3/c1-3-36-31(35)17-7-5-4-6-12-25-18-20-26(21-19-25)22-23-32(33-24(2)34)29-15-10-8-13-27(29)28-14-9-11-16-30(28)32/h8-11,13-16,18-21H,3-7,12,17,22-23H2,1-2H3,(H,33,34). The fourth-order valence-electron chi connectivity index (χ4n) is 5.48. The molecule has 0 bridgehead atoms. The highest BCUT2D eigenvalue weighted by Gasteiger charge is 2.43. The van der Waals surface area contributed by atoms with Crippen molar-refractivity contribution in [2.24, 2.45) is 0 Å². The molecule has 0 aromatic heterocycles. The Bertz CT molecular complexity index is 1140. The van der Waals surface area contributed by atoms with Crippen LogP contribution in [0.2, 0.25) is 0 Å². The molecule has 0 fully saturated rings. The molecular weight excluding hydrogens is 446 g/mol. The van der Waals surface area contributed by atoms with Crippen LogP contribution >= 0.6 is 0 Å².